The number of carbonyl (C=O) groups is 2. The normalized spacial score (nSPS) is 23.4. The van der Waals surface area contributed by atoms with Crippen LogP contribution in [-0.2, 0) is 22.1 Å². The Labute approximate surface area is 181 Å². The van der Waals surface area contributed by atoms with E-state index in [1.807, 2.05) is 59.9 Å². The number of fused-ring (bicyclic) bond motifs is 2. The predicted octanol–water partition coefficient (Wildman–Crippen LogP) is 3.69. The van der Waals surface area contributed by atoms with Gasteiger partial charge in [-0.1, -0.05) is 23.7 Å². The van der Waals surface area contributed by atoms with Crippen LogP contribution in [0.2, 0.25) is 5.02 Å². The van der Waals surface area contributed by atoms with Crippen molar-refractivity contribution >= 4 is 34.5 Å². The van der Waals surface area contributed by atoms with Crippen molar-refractivity contribution in [2.24, 2.45) is 24.8 Å². The lowest BCUT2D eigenvalue weighted by atomic mass is 9.96. The summed E-state index contributed by atoms with van der Waals surface area (Å²) in [5.41, 5.74) is 0.479. The minimum atomic E-state index is -0.650. The lowest BCUT2D eigenvalue weighted by Gasteiger charge is -2.27. The average Bonchev–Trinajstić information content (AvgIpc) is 2.95. The first kappa shape index (κ1) is 21.0. The Kier molecular flexibility index (Phi) is 4.80. The van der Waals surface area contributed by atoms with Gasteiger partial charge in [-0.05, 0) is 52.5 Å². The van der Waals surface area contributed by atoms with E-state index in [0.717, 1.165) is 16.6 Å². The van der Waals surface area contributed by atoms with Crippen LogP contribution >= 0.6 is 11.6 Å². The fourth-order valence-corrected chi connectivity index (χ4v) is 4.89. The molecule has 2 fully saturated rings. The smallest absolute Gasteiger partial charge is 0.410 e. The molecule has 2 atom stereocenters. The second kappa shape index (κ2) is 6.87. The third kappa shape index (κ3) is 3.64. The van der Waals surface area contributed by atoms with Gasteiger partial charge in [0.15, 0.2) is 0 Å². The zero-order valence-corrected chi connectivity index (χ0v) is 19.1. The number of hydrogen-bond donors (Lipinski definition) is 1. The van der Waals surface area contributed by atoms with E-state index in [4.69, 9.17) is 16.3 Å². The Morgan fingerprint density at radius 2 is 1.80 bits per heavy atom. The molecule has 2 aliphatic rings. The van der Waals surface area contributed by atoms with E-state index >= 15 is 0 Å². The van der Waals surface area contributed by atoms with Crippen molar-refractivity contribution < 1.29 is 14.3 Å². The zero-order valence-electron chi connectivity index (χ0n) is 18.3. The number of halogens is 1. The second-order valence-corrected chi connectivity index (χ2v) is 10.4. The highest BCUT2D eigenvalue weighted by atomic mass is 35.5. The van der Waals surface area contributed by atoms with Crippen molar-refractivity contribution in [1.29, 1.82) is 0 Å². The molecule has 1 aromatic heterocycles. The number of aromatic nitrogens is 2. The molecule has 7 nitrogen and oxygen atoms in total. The van der Waals surface area contributed by atoms with E-state index in [9.17, 15) is 9.59 Å². The summed E-state index contributed by atoms with van der Waals surface area (Å²) in [4.78, 5) is 27.0. The molecule has 1 aromatic carbocycles. The zero-order chi connectivity index (χ0) is 22.0. The predicted molar refractivity (Wildman–Crippen MR) is 115 cm³/mol. The fraction of sp³-hybridized carbons (Fsp3) is 0.591. The van der Waals surface area contributed by atoms with Crippen LogP contribution in [0.5, 0.6) is 0 Å². The van der Waals surface area contributed by atoms with E-state index in [1.165, 1.54) is 0 Å². The number of rotatable bonds is 3. The summed E-state index contributed by atoms with van der Waals surface area (Å²) in [5, 5.41) is 9.39. The van der Waals surface area contributed by atoms with Gasteiger partial charge in [-0.2, -0.15) is 5.10 Å². The molecule has 162 valence electrons. The largest absolute Gasteiger partial charge is 0.444 e. The van der Waals surface area contributed by atoms with Gasteiger partial charge in [0.1, 0.15) is 5.60 Å². The number of carbonyl (C=O) groups excluding carboxylic acids is 2. The van der Waals surface area contributed by atoms with E-state index in [1.54, 1.807) is 9.58 Å². The Morgan fingerprint density at radius 1 is 1.17 bits per heavy atom. The first-order valence-corrected chi connectivity index (χ1v) is 10.7. The number of hydrogen-bond acceptors (Lipinski definition) is 4. The number of nitrogens with zero attached hydrogens (tertiary/aromatic N) is 3. The minimum absolute atomic E-state index is 0.0136. The topological polar surface area (TPSA) is 76.5 Å². The van der Waals surface area contributed by atoms with Gasteiger partial charge in [-0.3, -0.25) is 9.48 Å². The molecule has 1 saturated carbocycles. The summed E-state index contributed by atoms with van der Waals surface area (Å²) in [5.74, 6) is 0.340. The van der Waals surface area contributed by atoms with Crippen LogP contribution in [0, 0.1) is 17.8 Å². The lowest BCUT2D eigenvalue weighted by Crippen LogP contribution is -2.44. The highest BCUT2D eigenvalue weighted by molar-refractivity contribution is 6.35. The standard InChI is InChI=1S/C22H29ClN4O3/c1-21(2,3)30-20(29)27-10-13-14(11-27)16(13)19(28)24-22(4,5)18-12-8-7-9-15(23)17(12)26(6)25-18/h7-9,13-14,16H,10-11H2,1-6H3,(H,24,28). The number of para-hydroxylation sites is 1. The summed E-state index contributed by atoms with van der Waals surface area (Å²) in [6.45, 7) is 10.6. The van der Waals surface area contributed by atoms with Crippen LogP contribution in [0.4, 0.5) is 4.79 Å². The number of amides is 2. The van der Waals surface area contributed by atoms with Crippen LogP contribution < -0.4 is 5.32 Å². The van der Waals surface area contributed by atoms with E-state index in [2.05, 4.69) is 10.4 Å². The van der Waals surface area contributed by atoms with Gasteiger partial charge in [-0.15, -0.1) is 0 Å². The molecule has 2 aromatic rings. The quantitative estimate of drug-likeness (QED) is 0.802. The van der Waals surface area contributed by atoms with Crippen LogP contribution in [0.15, 0.2) is 18.2 Å². The Bertz CT molecular complexity index is 1010. The molecule has 2 amide bonds. The SMILES string of the molecule is Cn1nc(C(C)(C)NC(=O)C2C3CN(C(=O)OC(C)(C)C)CC32)c2cccc(Cl)c21. The Morgan fingerprint density at radius 3 is 2.40 bits per heavy atom. The molecule has 30 heavy (non-hydrogen) atoms. The van der Waals surface area contributed by atoms with Crippen molar-refractivity contribution in [3.05, 3.63) is 28.9 Å². The maximum atomic E-state index is 13.0. The molecule has 8 heteroatoms. The number of piperidine rings is 1. The molecule has 1 N–H and O–H groups in total. The highest BCUT2D eigenvalue weighted by Crippen LogP contribution is 2.52. The monoisotopic (exact) mass is 432 g/mol. The molecule has 1 aliphatic carbocycles. The molecular formula is C22H29ClN4O3. The minimum Gasteiger partial charge on any atom is -0.444 e. The maximum absolute atomic E-state index is 13.0. The van der Waals surface area contributed by atoms with Gasteiger partial charge in [-0.25, -0.2) is 4.79 Å². The summed E-state index contributed by atoms with van der Waals surface area (Å²) in [6.07, 6.45) is -0.300. The third-order valence-corrected chi connectivity index (χ3v) is 6.30. The first-order chi connectivity index (χ1) is 13.9. The van der Waals surface area contributed by atoms with Crippen LogP contribution in [0.3, 0.4) is 0 Å². The van der Waals surface area contributed by atoms with Gasteiger partial charge in [0, 0.05) is 31.4 Å². The third-order valence-electron chi connectivity index (χ3n) is 5.99. The molecule has 1 saturated heterocycles. The Balaban J connectivity index is 1.43. The molecule has 0 radical (unpaired) electrons. The highest BCUT2D eigenvalue weighted by Gasteiger charge is 2.61. The van der Waals surface area contributed by atoms with Crippen LogP contribution in [-0.4, -0.2) is 45.4 Å². The number of aryl methyl sites for hydroxylation is 1. The summed E-state index contributed by atoms with van der Waals surface area (Å²) >= 11 is 6.35. The first-order valence-electron chi connectivity index (χ1n) is 10.3. The van der Waals surface area contributed by atoms with Gasteiger partial charge < -0.3 is 15.0 Å². The van der Waals surface area contributed by atoms with Crippen molar-refractivity contribution in [3.63, 3.8) is 0 Å². The van der Waals surface area contributed by atoms with Gasteiger partial charge in [0.2, 0.25) is 5.91 Å². The number of benzene rings is 1. The van der Waals surface area contributed by atoms with Crippen molar-refractivity contribution in [2.45, 2.75) is 45.8 Å². The maximum Gasteiger partial charge on any atom is 0.410 e. The fourth-order valence-electron chi connectivity index (χ4n) is 4.59. The molecule has 0 bridgehead atoms. The summed E-state index contributed by atoms with van der Waals surface area (Å²) < 4.78 is 7.20. The van der Waals surface area contributed by atoms with Crippen LogP contribution in [0.25, 0.3) is 10.9 Å². The number of ether oxygens (including phenoxy) is 1. The second-order valence-electron chi connectivity index (χ2n) is 9.96. The van der Waals surface area contributed by atoms with Crippen LogP contribution in [0.1, 0.15) is 40.3 Å². The molecule has 1 aliphatic heterocycles. The van der Waals surface area contributed by atoms with Gasteiger partial charge in [0.05, 0.1) is 21.8 Å². The van der Waals surface area contributed by atoms with Crippen molar-refractivity contribution in [3.8, 4) is 0 Å². The van der Waals surface area contributed by atoms with Gasteiger partial charge >= 0.3 is 6.09 Å². The molecule has 0 spiro atoms. The van der Waals surface area contributed by atoms with Gasteiger partial charge in [0.25, 0.3) is 0 Å². The van der Waals surface area contributed by atoms with E-state index in [-0.39, 0.29) is 29.8 Å². The van der Waals surface area contributed by atoms with E-state index < -0.39 is 11.1 Å². The molecular weight excluding hydrogens is 404 g/mol. The summed E-state index contributed by atoms with van der Waals surface area (Å²) in [6, 6.07) is 5.70. The molecule has 4 rings (SSSR count). The number of likely N-dealkylation sites (tertiary alicyclic amines) is 1. The molecule has 2 unspecified atom stereocenters. The van der Waals surface area contributed by atoms with E-state index in [0.29, 0.717) is 18.1 Å². The Hall–Kier alpha value is -2.28. The van der Waals surface area contributed by atoms with Crippen molar-refractivity contribution in [1.82, 2.24) is 20.0 Å². The van der Waals surface area contributed by atoms with Crippen molar-refractivity contribution in [2.75, 3.05) is 13.1 Å². The lowest BCUT2D eigenvalue weighted by molar-refractivity contribution is -0.125. The molecule has 2 heterocycles. The summed E-state index contributed by atoms with van der Waals surface area (Å²) in [7, 11) is 1.85. The average molecular weight is 433 g/mol. The number of nitrogens with one attached hydrogen (secondary N) is 1.